The molecule has 16 heavy (non-hydrogen) atoms. The number of nitrogens with zero attached hydrogens (tertiary/aromatic N) is 1. The Morgan fingerprint density at radius 2 is 2.19 bits per heavy atom. The van der Waals surface area contributed by atoms with Gasteiger partial charge in [-0.25, -0.2) is 0 Å². The molecule has 0 saturated carbocycles. The molecule has 0 bridgehead atoms. The predicted molar refractivity (Wildman–Crippen MR) is 72.2 cm³/mol. The van der Waals surface area contributed by atoms with Gasteiger partial charge in [0, 0.05) is 18.4 Å². The molecule has 1 atom stereocenters. The van der Waals surface area contributed by atoms with Gasteiger partial charge < -0.3 is 10.1 Å². The van der Waals surface area contributed by atoms with Gasteiger partial charge in [-0.15, -0.1) is 0 Å². The van der Waals surface area contributed by atoms with E-state index in [0.29, 0.717) is 17.9 Å². The molecule has 1 rings (SSSR count). The number of nitrogens with one attached hydrogen (secondary N) is 1. The van der Waals surface area contributed by atoms with Gasteiger partial charge >= 0.3 is 0 Å². The number of amidine groups is 1. The molecular weight excluding hydrogens is 220 g/mol. The van der Waals surface area contributed by atoms with Gasteiger partial charge in [-0.1, -0.05) is 39.5 Å². The lowest BCUT2D eigenvalue weighted by molar-refractivity contribution is 0.117. The number of ether oxygens (including phenoxy) is 1. The maximum absolute atomic E-state index is 5.49. The first kappa shape index (κ1) is 13.8. The van der Waals surface area contributed by atoms with Gasteiger partial charge in [0.15, 0.2) is 5.17 Å². The van der Waals surface area contributed by atoms with E-state index in [2.05, 4.69) is 38.0 Å². The van der Waals surface area contributed by atoms with Crippen LogP contribution in [-0.4, -0.2) is 36.7 Å². The number of rotatable bonds is 6. The molecule has 0 radical (unpaired) electrons. The molecule has 1 N–H and O–H groups in total. The van der Waals surface area contributed by atoms with Crippen LogP contribution < -0.4 is 5.32 Å². The average molecular weight is 244 g/mol. The van der Waals surface area contributed by atoms with Crippen molar-refractivity contribution in [3.63, 3.8) is 0 Å². The standard InChI is InChI=1S/C12H24N2OS/c1-9(2)7-15-6-5-13-12-14-11(8-16-12)10(3)4/h9-11H,5-8H2,1-4H3,(H,13,14). The van der Waals surface area contributed by atoms with Crippen LogP contribution in [0.15, 0.2) is 4.99 Å². The van der Waals surface area contributed by atoms with E-state index in [-0.39, 0.29) is 0 Å². The highest BCUT2D eigenvalue weighted by molar-refractivity contribution is 8.14. The first-order valence-corrected chi connectivity index (χ1v) is 7.09. The molecule has 0 spiro atoms. The minimum Gasteiger partial charge on any atom is -0.379 e. The molecule has 4 heteroatoms. The summed E-state index contributed by atoms with van der Waals surface area (Å²) < 4.78 is 5.49. The molecule has 0 aromatic heterocycles. The largest absolute Gasteiger partial charge is 0.379 e. The summed E-state index contributed by atoms with van der Waals surface area (Å²) >= 11 is 1.83. The van der Waals surface area contributed by atoms with Crippen molar-refractivity contribution in [3.05, 3.63) is 0 Å². The summed E-state index contributed by atoms with van der Waals surface area (Å²) in [7, 11) is 0. The van der Waals surface area contributed by atoms with Crippen molar-refractivity contribution in [1.29, 1.82) is 0 Å². The van der Waals surface area contributed by atoms with Crippen LogP contribution in [0.4, 0.5) is 0 Å². The van der Waals surface area contributed by atoms with E-state index in [1.165, 1.54) is 0 Å². The summed E-state index contributed by atoms with van der Waals surface area (Å²) in [4.78, 5) is 4.50. The SMILES string of the molecule is CC(C)COCCN=C1NC(C(C)C)CS1. The highest BCUT2D eigenvalue weighted by Crippen LogP contribution is 2.18. The van der Waals surface area contributed by atoms with E-state index < -0.39 is 0 Å². The van der Waals surface area contributed by atoms with Crippen LogP contribution in [0.25, 0.3) is 0 Å². The zero-order valence-electron chi connectivity index (χ0n) is 10.8. The van der Waals surface area contributed by atoms with Crippen LogP contribution in [0.1, 0.15) is 27.7 Å². The Morgan fingerprint density at radius 3 is 2.75 bits per heavy atom. The quantitative estimate of drug-likeness (QED) is 0.728. The molecule has 1 unspecified atom stereocenters. The Kier molecular flexibility index (Phi) is 6.21. The Balaban J connectivity index is 2.12. The van der Waals surface area contributed by atoms with Gasteiger partial charge in [0.2, 0.25) is 0 Å². The molecule has 1 saturated heterocycles. The topological polar surface area (TPSA) is 33.6 Å². The molecular formula is C12H24N2OS. The van der Waals surface area contributed by atoms with Crippen LogP contribution in [0, 0.1) is 11.8 Å². The van der Waals surface area contributed by atoms with E-state index in [9.17, 15) is 0 Å². The van der Waals surface area contributed by atoms with Crippen molar-refractivity contribution >= 4 is 16.9 Å². The molecule has 1 fully saturated rings. The lowest BCUT2D eigenvalue weighted by Crippen LogP contribution is -2.31. The minimum absolute atomic E-state index is 0.584. The summed E-state index contributed by atoms with van der Waals surface area (Å²) in [6, 6.07) is 0.584. The Morgan fingerprint density at radius 1 is 1.44 bits per heavy atom. The van der Waals surface area contributed by atoms with Crippen LogP contribution in [0.5, 0.6) is 0 Å². The van der Waals surface area contributed by atoms with Crippen LogP contribution in [-0.2, 0) is 4.74 Å². The second-order valence-electron chi connectivity index (χ2n) is 4.96. The third-order valence-corrected chi connectivity index (χ3v) is 3.50. The van der Waals surface area contributed by atoms with E-state index in [0.717, 1.165) is 30.7 Å². The molecule has 0 aromatic rings. The number of hydrogen-bond acceptors (Lipinski definition) is 3. The fourth-order valence-electron chi connectivity index (χ4n) is 1.39. The highest BCUT2D eigenvalue weighted by atomic mass is 32.2. The van der Waals surface area contributed by atoms with Crippen molar-refractivity contribution in [1.82, 2.24) is 5.32 Å². The number of thioether (sulfide) groups is 1. The minimum atomic E-state index is 0.584. The third kappa shape index (κ3) is 5.21. The molecule has 1 aliphatic rings. The first-order valence-electron chi connectivity index (χ1n) is 6.11. The van der Waals surface area contributed by atoms with E-state index >= 15 is 0 Å². The molecule has 0 aliphatic carbocycles. The Labute approximate surface area is 103 Å². The lowest BCUT2D eigenvalue weighted by Gasteiger charge is -2.13. The van der Waals surface area contributed by atoms with E-state index in [1.54, 1.807) is 0 Å². The Hall–Kier alpha value is -0.220. The maximum atomic E-state index is 5.49. The Bertz CT molecular complexity index is 229. The molecule has 3 nitrogen and oxygen atoms in total. The van der Waals surface area contributed by atoms with Gasteiger partial charge in [-0.2, -0.15) is 0 Å². The number of aliphatic imine (C=N–C) groups is 1. The van der Waals surface area contributed by atoms with Crippen molar-refractivity contribution < 1.29 is 4.74 Å². The van der Waals surface area contributed by atoms with Gasteiger partial charge in [0.25, 0.3) is 0 Å². The van der Waals surface area contributed by atoms with Gasteiger partial charge in [0.05, 0.1) is 13.2 Å². The van der Waals surface area contributed by atoms with Crippen LogP contribution >= 0.6 is 11.8 Å². The normalized spacial score (nSPS) is 23.4. The van der Waals surface area contributed by atoms with Crippen molar-refractivity contribution in [3.8, 4) is 0 Å². The van der Waals surface area contributed by atoms with Gasteiger partial charge in [-0.3, -0.25) is 4.99 Å². The first-order chi connectivity index (χ1) is 7.59. The van der Waals surface area contributed by atoms with Crippen LogP contribution in [0.2, 0.25) is 0 Å². The molecule has 0 aromatic carbocycles. The fraction of sp³-hybridized carbons (Fsp3) is 0.917. The second-order valence-corrected chi connectivity index (χ2v) is 5.97. The number of hydrogen-bond donors (Lipinski definition) is 1. The predicted octanol–water partition coefficient (Wildman–Crippen LogP) is 2.38. The van der Waals surface area contributed by atoms with Crippen LogP contribution in [0.3, 0.4) is 0 Å². The van der Waals surface area contributed by atoms with Crippen molar-refractivity contribution in [2.24, 2.45) is 16.8 Å². The molecule has 1 heterocycles. The summed E-state index contributed by atoms with van der Waals surface area (Å²) in [5.41, 5.74) is 0. The fourth-order valence-corrected chi connectivity index (χ4v) is 2.61. The average Bonchev–Trinajstić information content (AvgIpc) is 2.65. The maximum Gasteiger partial charge on any atom is 0.156 e. The van der Waals surface area contributed by atoms with Crippen molar-refractivity contribution in [2.45, 2.75) is 33.7 Å². The summed E-state index contributed by atoms with van der Waals surface area (Å²) in [5.74, 6) is 2.43. The molecule has 0 amide bonds. The van der Waals surface area contributed by atoms with Crippen molar-refractivity contribution in [2.75, 3.05) is 25.5 Å². The second kappa shape index (κ2) is 7.17. The lowest BCUT2D eigenvalue weighted by atomic mass is 10.1. The summed E-state index contributed by atoms with van der Waals surface area (Å²) in [6.45, 7) is 11.1. The zero-order valence-corrected chi connectivity index (χ0v) is 11.6. The highest BCUT2D eigenvalue weighted by Gasteiger charge is 2.22. The monoisotopic (exact) mass is 244 g/mol. The zero-order chi connectivity index (χ0) is 12.0. The van der Waals surface area contributed by atoms with E-state index in [4.69, 9.17) is 4.74 Å². The van der Waals surface area contributed by atoms with Gasteiger partial charge in [-0.05, 0) is 11.8 Å². The summed E-state index contributed by atoms with van der Waals surface area (Å²) in [5, 5.41) is 4.54. The smallest absolute Gasteiger partial charge is 0.156 e. The van der Waals surface area contributed by atoms with E-state index in [1.807, 2.05) is 11.8 Å². The van der Waals surface area contributed by atoms with Gasteiger partial charge in [0.1, 0.15) is 0 Å². The molecule has 1 aliphatic heterocycles. The third-order valence-electron chi connectivity index (χ3n) is 2.46. The molecule has 94 valence electrons. The summed E-state index contributed by atoms with van der Waals surface area (Å²) in [6.07, 6.45) is 0.